The third kappa shape index (κ3) is 4.14. The number of fused-ring (bicyclic) bond motifs is 1. The van der Waals surface area contributed by atoms with Gasteiger partial charge < -0.3 is 5.32 Å². The molecule has 0 saturated heterocycles. The molecule has 1 aliphatic heterocycles. The Bertz CT molecular complexity index is 1280. The molecule has 0 spiro atoms. The summed E-state index contributed by atoms with van der Waals surface area (Å²) < 4.78 is 26.0. The summed E-state index contributed by atoms with van der Waals surface area (Å²) in [6.07, 6.45) is 0. The molecule has 0 fully saturated rings. The Morgan fingerprint density at radius 1 is 1.00 bits per heavy atom. The molecule has 2 heterocycles. The Kier molecular flexibility index (Phi) is 5.04. The molecule has 0 unspecified atom stereocenters. The maximum absolute atomic E-state index is 13.0. The lowest BCUT2D eigenvalue weighted by Gasteiger charge is -2.19. The number of nitrogens with one attached hydrogen (secondary N) is 1. The van der Waals surface area contributed by atoms with Crippen molar-refractivity contribution in [3.63, 3.8) is 0 Å². The van der Waals surface area contributed by atoms with Crippen LogP contribution in [0.3, 0.4) is 0 Å². The lowest BCUT2D eigenvalue weighted by Crippen LogP contribution is -2.18. The number of aromatic nitrogens is 2. The van der Waals surface area contributed by atoms with Crippen molar-refractivity contribution in [2.24, 2.45) is 0 Å². The molecule has 1 aromatic heterocycles. The zero-order valence-electron chi connectivity index (χ0n) is 18.5. The van der Waals surface area contributed by atoms with Gasteiger partial charge in [0.1, 0.15) is 5.82 Å². The van der Waals surface area contributed by atoms with Crippen LogP contribution in [0.25, 0.3) is 5.69 Å². The third-order valence-corrected chi connectivity index (χ3v) is 7.21. The molecule has 4 rings (SSSR count). The first-order valence-electron chi connectivity index (χ1n) is 10.3. The summed E-state index contributed by atoms with van der Waals surface area (Å²) in [5, 5.41) is 7.48. The van der Waals surface area contributed by atoms with Crippen LogP contribution in [0.15, 0.2) is 42.5 Å². The second-order valence-corrected chi connectivity index (χ2v) is 11.3. The van der Waals surface area contributed by atoms with Crippen molar-refractivity contribution >= 4 is 21.6 Å². The third-order valence-electron chi connectivity index (χ3n) is 5.77. The van der Waals surface area contributed by atoms with Crippen LogP contribution in [0.1, 0.15) is 59.1 Å². The monoisotopic (exact) mass is 437 g/mol. The first-order chi connectivity index (χ1) is 14.4. The number of carbonyl (C=O) groups excluding carboxylic acids is 1. The largest absolute Gasteiger partial charge is 0.306 e. The molecule has 162 valence electrons. The van der Waals surface area contributed by atoms with Crippen LogP contribution < -0.4 is 5.32 Å². The van der Waals surface area contributed by atoms with Gasteiger partial charge in [-0.15, -0.1) is 0 Å². The van der Waals surface area contributed by atoms with Crippen molar-refractivity contribution in [2.75, 3.05) is 5.32 Å². The number of sulfone groups is 1. The summed E-state index contributed by atoms with van der Waals surface area (Å²) in [5.41, 5.74) is 5.73. The zero-order chi connectivity index (χ0) is 22.6. The van der Waals surface area contributed by atoms with Gasteiger partial charge in [-0.1, -0.05) is 39.0 Å². The van der Waals surface area contributed by atoms with Crippen LogP contribution in [0.5, 0.6) is 0 Å². The van der Waals surface area contributed by atoms with E-state index in [0.717, 1.165) is 22.4 Å². The summed E-state index contributed by atoms with van der Waals surface area (Å²) in [4.78, 5) is 13.0. The number of nitrogens with zero attached hydrogens (tertiary/aromatic N) is 2. The highest BCUT2D eigenvalue weighted by molar-refractivity contribution is 7.90. The number of hydrogen-bond donors (Lipinski definition) is 1. The van der Waals surface area contributed by atoms with Crippen molar-refractivity contribution in [3.05, 3.63) is 76.0 Å². The van der Waals surface area contributed by atoms with Crippen LogP contribution in [-0.4, -0.2) is 24.1 Å². The maximum atomic E-state index is 13.0. The maximum Gasteiger partial charge on any atom is 0.256 e. The minimum atomic E-state index is -3.25. The quantitative estimate of drug-likeness (QED) is 0.656. The van der Waals surface area contributed by atoms with Gasteiger partial charge in [-0.05, 0) is 60.2 Å². The number of rotatable bonds is 3. The van der Waals surface area contributed by atoms with E-state index in [9.17, 15) is 13.2 Å². The molecular formula is C24H27N3O3S. The number of carbonyl (C=O) groups is 1. The van der Waals surface area contributed by atoms with E-state index in [1.54, 1.807) is 16.8 Å². The van der Waals surface area contributed by atoms with E-state index >= 15 is 0 Å². The molecule has 0 aliphatic carbocycles. The Balaban J connectivity index is 1.73. The topological polar surface area (TPSA) is 81.1 Å². The smallest absolute Gasteiger partial charge is 0.256 e. The van der Waals surface area contributed by atoms with Gasteiger partial charge in [0.2, 0.25) is 0 Å². The van der Waals surface area contributed by atoms with Gasteiger partial charge in [0.05, 0.1) is 22.9 Å². The van der Waals surface area contributed by atoms with E-state index in [1.165, 1.54) is 0 Å². The number of hydrogen-bond acceptors (Lipinski definition) is 4. The fraction of sp³-hybridized carbons (Fsp3) is 0.333. The molecule has 3 aromatic rings. The lowest BCUT2D eigenvalue weighted by atomic mass is 9.87. The van der Waals surface area contributed by atoms with Gasteiger partial charge >= 0.3 is 0 Å². The molecule has 31 heavy (non-hydrogen) atoms. The first kappa shape index (κ1) is 21.3. The van der Waals surface area contributed by atoms with E-state index in [2.05, 4.69) is 31.2 Å². The SMILES string of the molecule is Cc1ccc(-n2nc3c(c2NC(=O)c2ccc(C(C)(C)C)cc2)CS(=O)(=O)C3)cc1C. The van der Waals surface area contributed by atoms with Crippen LogP contribution in [-0.2, 0) is 26.8 Å². The van der Waals surface area contributed by atoms with Crippen LogP contribution in [0.4, 0.5) is 5.82 Å². The lowest BCUT2D eigenvalue weighted by molar-refractivity contribution is 0.102. The summed E-state index contributed by atoms with van der Waals surface area (Å²) in [7, 11) is -3.25. The van der Waals surface area contributed by atoms with Crippen molar-refractivity contribution < 1.29 is 13.2 Å². The molecule has 0 bridgehead atoms. The van der Waals surface area contributed by atoms with Gasteiger partial charge in [-0.2, -0.15) is 5.10 Å². The van der Waals surface area contributed by atoms with Crippen LogP contribution >= 0.6 is 0 Å². The summed E-state index contributed by atoms with van der Waals surface area (Å²) in [6, 6.07) is 13.4. The average molecular weight is 438 g/mol. The average Bonchev–Trinajstić information content (AvgIpc) is 3.16. The molecule has 0 radical (unpaired) electrons. The Morgan fingerprint density at radius 2 is 1.68 bits per heavy atom. The molecule has 0 saturated carbocycles. The van der Waals surface area contributed by atoms with E-state index in [0.29, 0.717) is 22.6 Å². The normalized spacial score (nSPS) is 15.0. The second kappa shape index (κ2) is 7.34. The van der Waals surface area contributed by atoms with E-state index in [1.807, 2.05) is 44.2 Å². The molecule has 1 aliphatic rings. The summed E-state index contributed by atoms with van der Waals surface area (Å²) in [6.45, 7) is 10.4. The second-order valence-electron chi connectivity index (χ2n) is 9.27. The van der Waals surface area contributed by atoms with Gasteiger partial charge in [0.15, 0.2) is 9.84 Å². The highest BCUT2D eigenvalue weighted by Gasteiger charge is 2.33. The number of benzene rings is 2. The fourth-order valence-electron chi connectivity index (χ4n) is 3.72. The van der Waals surface area contributed by atoms with Crippen LogP contribution in [0.2, 0.25) is 0 Å². The number of amides is 1. The molecule has 6 nitrogen and oxygen atoms in total. The Hall–Kier alpha value is -2.93. The van der Waals surface area contributed by atoms with E-state index < -0.39 is 9.84 Å². The first-order valence-corrected chi connectivity index (χ1v) is 12.1. The van der Waals surface area contributed by atoms with Crippen molar-refractivity contribution in [2.45, 2.75) is 51.5 Å². The minimum absolute atomic E-state index is 0.00783. The van der Waals surface area contributed by atoms with E-state index in [-0.39, 0.29) is 22.8 Å². The van der Waals surface area contributed by atoms with Crippen LogP contribution in [0, 0.1) is 13.8 Å². The van der Waals surface area contributed by atoms with E-state index in [4.69, 9.17) is 0 Å². The van der Waals surface area contributed by atoms with Gasteiger partial charge in [-0.3, -0.25) is 4.79 Å². The number of anilines is 1. The van der Waals surface area contributed by atoms with Crippen molar-refractivity contribution in [3.8, 4) is 5.69 Å². The minimum Gasteiger partial charge on any atom is -0.306 e. The zero-order valence-corrected chi connectivity index (χ0v) is 19.3. The Morgan fingerprint density at radius 3 is 2.29 bits per heavy atom. The fourth-order valence-corrected chi connectivity index (χ4v) is 5.21. The standard InChI is InChI=1S/C24H27N3O3S/c1-15-6-11-19(12-16(15)2)27-22(20-13-31(29,30)14-21(20)26-27)25-23(28)17-7-9-18(10-8-17)24(3,4)5/h6-12H,13-14H2,1-5H3,(H,25,28). The van der Waals surface area contributed by atoms with Gasteiger partial charge in [0.25, 0.3) is 5.91 Å². The number of aryl methyl sites for hydroxylation is 2. The Labute approximate surface area is 183 Å². The summed E-state index contributed by atoms with van der Waals surface area (Å²) in [5.74, 6) is -0.100. The molecule has 0 atom stereocenters. The predicted molar refractivity (Wildman–Crippen MR) is 122 cm³/mol. The molecule has 1 N–H and O–H groups in total. The molecule has 2 aromatic carbocycles. The van der Waals surface area contributed by atoms with Gasteiger partial charge in [-0.25, -0.2) is 13.1 Å². The summed E-state index contributed by atoms with van der Waals surface area (Å²) >= 11 is 0. The highest BCUT2D eigenvalue weighted by Crippen LogP contribution is 2.33. The van der Waals surface area contributed by atoms with Crippen molar-refractivity contribution in [1.82, 2.24) is 9.78 Å². The van der Waals surface area contributed by atoms with Gasteiger partial charge in [0, 0.05) is 11.1 Å². The highest BCUT2D eigenvalue weighted by atomic mass is 32.2. The van der Waals surface area contributed by atoms with Crippen molar-refractivity contribution in [1.29, 1.82) is 0 Å². The predicted octanol–water partition coefficient (Wildman–Crippen LogP) is 4.47. The molecule has 1 amide bonds. The molecular weight excluding hydrogens is 410 g/mol. The molecule has 7 heteroatoms.